The van der Waals surface area contributed by atoms with E-state index >= 15 is 0 Å². The highest BCUT2D eigenvalue weighted by Crippen LogP contribution is 2.23. The first-order valence-corrected chi connectivity index (χ1v) is 11.2. The van der Waals surface area contributed by atoms with Crippen LogP contribution in [-0.4, -0.2) is 48.3 Å². The van der Waals surface area contributed by atoms with E-state index in [1.165, 1.54) is 64.5 Å². The Morgan fingerprint density at radius 3 is 1.42 bits per heavy atom. The molecule has 0 saturated carbocycles. The third kappa shape index (κ3) is 8.24. The van der Waals surface area contributed by atoms with E-state index in [9.17, 15) is 0 Å². The van der Waals surface area contributed by atoms with Gasteiger partial charge in [0.05, 0.1) is 0 Å². The summed E-state index contributed by atoms with van der Waals surface area (Å²) >= 11 is 0. The van der Waals surface area contributed by atoms with E-state index in [1.807, 2.05) is 0 Å². The Balaban J connectivity index is 1.47. The predicted molar refractivity (Wildman–Crippen MR) is 114 cm³/mol. The third-order valence-corrected chi connectivity index (χ3v) is 6.03. The minimum absolute atomic E-state index is 0.279. The lowest BCUT2D eigenvalue weighted by Gasteiger charge is -2.41. The van der Waals surface area contributed by atoms with E-state index in [1.54, 1.807) is 0 Å². The Morgan fingerprint density at radius 1 is 0.692 bits per heavy atom. The first kappa shape index (κ1) is 22.1. The Hall–Kier alpha value is -0.160. The zero-order valence-corrected chi connectivity index (χ0v) is 18.4. The Bertz CT molecular complexity index is 369. The van der Waals surface area contributed by atoms with E-state index in [4.69, 9.17) is 0 Å². The summed E-state index contributed by atoms with van der Waals surface area (Å²) < 4.78 is 0. The summed E-state index contributed by atoms with van der Waals surface area (Å²) in [6, 6.07) is 2.64. The summed E-state index contributed by atoms with van der Waals surface area (Å²) in [4.78, 5) is 0. The van der Waals surface area contributed by atoms with Crippen LogP contribution in [0.3, 0.4) is 0 Å². The van der Waals surface area contributed by atoms with Crippen molar-refractivity contribution in [1.29, 1.82) is 0 Å². The minimum atomic E-state index is 0.279. The van der Waals surface area contributed by atoms with Gasteiger partial charge in [-0.05, 0) is 93.2 Å². The van der Waals surface area contributed by atoms with Gasteiger partial charge in [-0.3, -0.25) is 0 Å². The molecule has 2 fully saturated rings. The monoisotopic (exact) mass is 366 g/mol. The van der Waals surface area contributed by atoms with E-state index in [-0.39, 0.29) is 11.1 Å². The molecule has 0 aromatic rings. The van der Waals surface area contributed by atoms with Crippen LogP contribution < -0.4 is 21.3 Å². The first-order valence-electron chi connectivity index (χ1n) is 11.2. The van der Waals surface area contributed by atoms with Gasteiger partial charge in [0.2, 0.25) is 0 Å². The smallest absolute Gasteiger partial charge is 0.0142 e. The number of nitrogens with one attached hydrogen (secondary N) is 4. The fraction of sp³-hybridized carbons (Fsp3) is 1.00. The van der Waals surface area contributed by atoms with Gasteiger partial charge in [0.15, 0.2) is 0 Å². The largest absolute Gasteiger partial charge is 0.314 e. The van der Waals surface area contributed by atoms with Gasteiger partial charge in [0, 0.05) is 35.2 Å². The van der Waals surface area contributed by atoms with Gasteiger partial charge in [-0.25, -0.2) is 0 Å². The van der Waals surface area contributed by atoms with Crippen LogP contribution >= 0.6 is 0 Å². The van der Waals surface area contributed by atoms with Crippen molar-refractivity contribution in [3.63, 3.8) is 0 Å². The Labute approximate surface area is 163 Å². The van der Waals surface area contributed by atoms with Gasteiger partial charge in [-0.1, -0.05) is 12.8 Å². The molecule has 2 saturated heterocycles. The van der Waals surface area contributed by atoms with Crippen molar-refractivity contribution in [3.05, 3.63) is 0 Å². The van der Waals surface area contributed by atoms with Gasteiger partial charge in [-0.15, -0.1) is 0 Å². The van der Waals surface area contributed by atoms with Gasteiger partial charge < -0.3 is 21.3 Å². The summed E-state index contributed by atoms with van der Waals surface area (Å²) in [5.41, 5.74) is 0.559. The first-order chi connectivity index (χ1) is 12.2. The van der Waals surface area contributed by atoms with Gasteiger partial charge >= 0.3 is 0 Å². The van der Waals surface area contributed by atoms with Crippen molar-refractivity contribution >= 4 is 0 Å². The summed E-state index contributed by atoms with van der Waals surface area (Å²) in [6.45, 7) is 16.3. The van der Waals surface area contributed by atoms with Gasteiger partial charge in [0.25, 0.3) is 0 Å². The van der Waals surface area contributed by atoms with Crippen molar-refractivity contribution in [3.8, 4) is 0 Å². The molecule has 4 N–H and O–H groups in total. The number of piperidine rings is 2. The summed E-state index contributed by atoms with van der Waals surface area (Å²) in [5, 5.41) is 15.0. The maximum atomic E-state index is 3.80. The number of hydrogen-bond donors (Lipinski definition) is 4. The van der Waals surface area contributed by atoms with E-state index in [2.05, 4.69) is 62.8 Å². The average Bonchev–Trinajstić information content (AvgIpc) is 2.45. The molecule has 4 nitrogen and oxygen atoms in total. The second-order valence-electron chi connectivity index (χ2n) is 10.5. The molecule has 26 heavy (non-hydrogen) atoms. The number of unbranched alkanes of at least 4 members (excludes halogenated alkanes) is 3. The average molecular weight is 367 g/mol. The van der Waals surface area contributed by atoms with Crippen LogP contribution in [0.4, 0.5) is 0 Å². The lowest BCUT2D eigenvalue weighted by Crippen LogP contribution is -2.56. The summed E-state index contributed by atoms with van der Waals surface area (Å²) in [7, 11) is 0. The molecule has 2 heterocycles. The van der Waals surface area contributed by atoms with Crippen LogP contribution in [0.15, 0.2) is 0 Å². The standard InChI is InChI=1S/C22H46N4/c1-17-13-19(15-21(3,4)25-17)23-11-9-7-8-10-12-24-20-14-18(2)26-22(5,6)16-20/h17-20,23-26H,7-16H2,1-6H3. The quantitative estimate of drug-likeness (QED) is 0.471. The second-order valence-corrected chi connectivity index (χ2v) is 10.5. The highest BCUT2D eigenvalue weighted by atomic mass is 15.1. The van der Waals surface area contributed by atoms with E-state index in [0.29, 0.717) is 24.2 Å². The van der Waals surface area contributed by atoms with Crippen LogP contribution in [0, 0.1) is 0 Å². The predicted octanol–water partition coefficient (Wildman–Crippen LogP) is 3.56. The maximum absolute atomic E-state index is 3.80. The highest BCUT2D eigenvalue weighted by Gasteiger charge is 2.31. The third-order valence-electron chi connectivity index (χ3n) is 6.03. The molecule has 2 rings (SSSR count). The fourth-order valence-electron chi connectivity index (χ4n) is 5.35. The molecule has 4 heteroatoms. The normalized spacial score (nSPS) is 33.9. The van der Waals surface area contributed by atoms with Crippen molar-refractivity contribution < 1.29 is 0 Å². The SMILES string of the molecule is CC1CC(NCCCCCCNC2CC(C)NC(C)(C)C2)CC(C)(C)N1. The highest BCUT2D eigenvalue weighted by molar-refractivity contribution is 4.94. The molecule has 0 bridgehead atoms. The van der Waals surface area contributed by atoms with Crippen LogP contribution in [0.2, 0.25) is 0 Å². The summed E-state index contributed by atoms with van der Waals surface area (Å²) in [5.74, 6) is 0. The zero-order valence-electron chi connectivity index (χ0n) is 18.4. The Kier molecular flexibility index (Phi) is 8.39. The van der Waals surface area contributed by atoms with Crippen LogP contribution in [-0.2, 0) is 0 Å². The zero-order chi connectivity index (χ0) is 19.2. The molecule has 4 atom stereocenters. The lowest BCUT2D eigenvalue weighted by atomic mass is 9.86. The molecule has 2 aliphatic rings. The topological polar surface area (TPSA) is 48.1 Å². The summed E-state index contributed by atoms with van der Waals surface area (Å²) in [6.07, 6.45) is 10.3. The van der Waals surface area contributed by atoms with Gasteiger partial charge in [0.1, 0.15) is 0 Å². The van der Waals surface area contributed by atoms with Crippen molar-refractivity contribution in [1.82, 2.24) is 21.3 Å². The molecule has 0 spiro atoms. The molecule has 0 radical (unpaired) electrons. The van der Waals surface area contributed by atoms with Crippen molar-refractivity contribution in [2.45, 2.75) is 128 Å². The molecule has 0 aromatic heterocycles. The molecule has 0 aliphatic carbocycles. The van der Waals surface area contributed by atoms with E-state index < -0.39 is 0 Å². The second kappa shape index (κ2) is 9.86. The number of hydrogen-bond acceptors (Lipinski definition) is 4. The fourth-order valence-corrected chi connectivity index (χ4v) is 5.35. The minimum Gasteiger partial charge on any atom is -0.314 e. The molecule has 4 unspecified atom stereocenters. The lowest BCUT2D eigenvalue weighted by molar-refractivity contribution is 0.205. The molecule has 154 valence electrons. The van der Waals surface area contributed by atoms with Gasteiger partial charge in [-0.2, -0.15) is 0 Å². The van der Waals surface area contributed by atoms with Crippen LogP contribution in [0.5, 0.6) is 0 Å². The molecular formula is C22H46N4. The maximum Gasteiger partial charge on any atom is 0.0142 e. The number of rotatable bonds is 9. The molecule has 0 amide bonds. The van der Waals surface area contributed by atoms with Crippen molar-refractivity contribution in [2.24, 2.45) is 0 Å². The van der Waals surface area contributed by atoms with E-state index in [0.717, 1.165) is 0 Å². The molecular weight excluding hydrogens is 320 g/mol. The van der Waals surface area contributed by atoms with Crippen LogP contribution in [0.25, 0.3) is 0 Å². The van der Waals surface area contributed by atoms with Crippen LogP contribution in [0.1, 0.15) is 92.9 Å². The molecule has 2 aliphatic heterocycles. The molecule has 0 aromatic carbocycles. The van der Waals surface area contributed by atoms with Crippen molar-refractivity contribution in [2.75, 3.05) is 13.1 Å². The Morgan fingerprint density at radius 2 is 1.08 bits per heavy atom.